The van der Waals surface area contributed by atoms with Crippen LogP contribution in [0.15, 0.2) is 18.2 Å². The molecule has 3 heteroatoms. The lowest BCUT2D eigenvalue weighted by molar-refractivity contribution is 0.253. The quantitative estimate of drug-likeness (QED) is 0.777. The van der Waals surface area contributed by atoms with E-state index in [1.165, 1.54) is 19.3 Å². The summed E-state index contributed by atoms with van der Waals surface area (Å²) in [5.41, 5.74) is 0.963. The fourth-order valence-electron chi connectivity index (χ4n) is 2.60. The van der Waals surface area contributed by atoms with Crippen molar-refractivity contribution in [3.8, 4) is 0 Å². The molecule has 0 saturated heterocycles. The summed E-state index contributed by atoms with van der Waals surface area (Å²) in [6, 6.07) is 6.27. The van der Waals surface area contributed by atoms with E-state index in [9.17, 15) is 0 Å². The van der Waals surface area contributed by atoms with Crippen LogP contribution in [0.2, 0.25) is 10.0 Å². The summed E-state index contributed by atoms with van der Waals surface area (Å²) in [6.07, 6.45) is 3.85. The van der Waals surface area contributed by atoms with Gasteiger partial charge < -0.3 is 5.32 Å². The Balaban J connectivity index is 2.12. The van der Waals surface area contributed by atoms with Gasteiger partial charge in [-0.15, -0.1) is 0 Å². The maximum atomic E-state index is 6.20. The number of halogens is 2. The largest absolute Gasteiger partial charge is 0.381 e. The minimum absolute atomic E-state index is 0.509. The first-order valence-corrected chi connectivity index (χ1v) is 7.05. The molecule has 1 aliphatic carbocycles. The van der Waals surface area contributed by atoms with Crippen LogP contribution < -0.4 is 5.32 Å². The Labute approximate surface area is 114 Å². The average Bonchev–Trinajstić information content (AvgIpc) is 2.31. The summed E-state index contributed by atoms with van der Waals surface area (Å²) in [6.45, 7) is 4.65. The molecule has 1 aromatic carbocycles. The first-order valence-electron chi connectivity index (χ1n) is 6.30. The number of rotatable bonds is 2. The van der Waals surface area contributed by atoms with E-state index in [-0.39, 0.29) is 0 Å². The molecular weight excluding hydrogens is 253 g/mol. The van der Waals surface area contributed by atoms with E-state index < -0.39 is 0 Å². The smallest absolute Gasteiger partial charge is 0.0823 e. The molecule has 1 aliphatic rings. The summed E-state index contributed by atoms with van der Waals surface area (Å²) in [7, 11) is 0. The molecule has 94 valence electrons. The lowest BCUT2D eigenvalue weighted by Crippen LogP contribution is -2.35. The number of nitrogens with one attached hydrogen (secondary N) is 1. The average molecular weight is 272 g/mol. The van der Waals surface area contributed by atoms with Crippen molar-refractivity contribution in [3.63, 3.8) is 0 Å². The fraction of sp³-hybridized carbons (Fsp3) is 0.571. The summed E-state index contributed by atoms with van der Waals surface area (Å²) in [5.74, 6) is 1.46. The zero-order valence-corrected chi connectivity index (χ0v) is 11.9. The Hall–Kier alpha value is -0.400. The SMILES string of the molecule is CC1CCCC(Nc2cccc(Cl)c2Cl)C1C. The van der Waals surface area contributed by atoms with Crippen LogP contribution in [-0.4, -0.2) is 6.04 Å². The second kappa shape index (κ2) is 5.49. The van der Waals surface area contributed by atoms with Crippen molar-refractivity contribution in [2.24, 2.45) is 11.8 Å². The normalized spacial score (nSPS) is 29.1. The van der Waals surface area contributed by atoms with Gasteiger partial charge in [0, 0.05) is 6.04 Å². The highest BCUT2D eigenvalue weighted by Crippen LogP contribution is 2.35. The molecule has 0 aromatic heterocycles. The van der Waals surface area contributed by atoms with Crippen LogP contribution >= 0.6 is 23.2 Å². The highest BCUT2D eigenvalue weighted by Gasteiger charge is 2.27. The van der Waals surface area contributed by atoms with Crippen molar-refractivity contribution in [1.29, 1.82) is 0 Å². The molecule has 1 nitrogen and oxygen atoms in total. The van der Waals surface area contributed by atoms with Crippen molar-refractivity contribution >= 4 is 28.9 Å². The van der Waals surface area contributed by atoms with Crippen molar-refractivity contribution < 1.29 is 0 Å². The zero-order chi connectivity index (χ0) is 12.4. The van der Waals surface area contributed by atoms with Crippen molar-refractivity contribution in [3.05, 3.63) is 28.2 Å². The summed E-state index contributed by atoms with van der Waals surface area (Å²) < 4.78 is 0. The number of anilines is 1. The molecule has 1 fully saturated rings. The van der Waals surface area contributed by atoms with Gasteiger partial charge in [0.1, 0.15) is 0 Å². The fourth-order valence-corrected chi connectivity index (χ4v) is 2.96. The van der Waals surface area contributed by atoms with Gasteiger partial charge in [-0.05, 0) is 30.4 Å². The van der Waals surface area contributed by atoms with Gasteiger partial charge in [-0.1, -0.05) is 56.0 Å². The van der Waals surface area contributed by atoms with Gasteiger partial charge in [0.05, 0.1) is 15.7 Å². The third-order valence-corrected chi connectivity index (χ3v) is 4.82. The van der Waals surface area contributed by atoms with E-state index in [2.05, 4.69) is 19.2 Å². The third-order valence-electron chi connectivity index (χ3n) is 4.00. The van der Waals surface area contributed by atoms with E-state index in [1.807, 2.05) is 18.2 Å². The van der Waals surface area contributed by atoms with Gasteiger partial charge >= 0.3 is 0 Å². The molecule has 3 unspecified atom stereocenters. The van der Waals surface area contributed by atoms with Gasteiger partial charge in [0.25, 0.3) is 0 Å². The molecular formula is C14H19Cl2N. The number of benzene rings is 1. The Morgan fingerprint density at radius 1 is 1.18 bits per heavy atom. The second-order valence-electron chi connectivity index (χ2n) is 5.12. The summed E-state index contributed by atoms with van der Waals surface area (Å²) >= 11 is 12.2. The molecule has 0 radical (unpaired) electrons. The van der Waals surface area contributed by atoms with E-state index in [1.54, 1.807) is 0 Å². The predicted octanol–water partition coefficient (Wildman–Crippen LogP) is 5.23. The lowest BCUT2D eigenvalue weighted by Gasteiger charge is -2.35. The predicted molar refractivity (Wildman–Crippen MR) is 76.1 cm³/mol. The molecule has 17 heavy (non-hydrogen) atoms. The molecule has 1 aromatic rings. The van der Waals surface area contributed by atoms with Crippen molar-refractivity contribution in [2.45, 2.75) is 39.2 Å². The first kappa shape index (κ1) is 13.0. The van der Waals surface area contributed by atoms with Crippen molar-refractivity contribution in [2.75, 3.05) is 5.32 Å². The van der Waals surface area contributed by atoms with Crippen LogP contribution in [0.25, 0.3) is 0 Å². The van der Waals surface area contributed by atoms with Crippen LogP contribution in [0.1, 0.15) is 33.1 Å². The number of hydrogen-bond donors (Lipinski definition) is 1. The molecule has 0 heterocycles. The second-order valence-corrected chi connectivity index (χ2v) is 5.90. The van der Waals surface area contributed by atoms with Crippen LogP contribution in [0, 0.1) is 11.8 Å². The minimum Gasteiger partial charge on any atom is -0.381 e. The Morgan fingerprint density at radius 3 is 2.71 bits per heavy atom. The van der Waals surface area contributed by atoms with Gasteiger partial charge in [-0.3, -0.25) is 0 Å². The van der Waals surface area contributed by atoms with Crippen molar-refractivity contribution in [1.82, 2.24) is 0 Å². The number of hydrogen-bond acceptors (Lipinski definition) is 1. The van der Waals surface area contributed by atoms with E-state index in [0.29, 0.717) is 22.0 Å². The molecule has 1 N–H and O–H groups in total. The summed E-state index contributed by atoms with van der Waals surface area (Å²) in [5, 5.41) is 4.81. The Morgan fingerprint density at radius 2 is 1.94 bits per heavy atom. The molecule has 0 bridgehead atoms. The molecule has 1 saturated carbocycles. The Bertz CT molecular complexity index is 392. The van der Waals surface area contributed by atoms with Crippen LogP contribution in [0.4, 0.5) is 5.69 Å². The zero-order valence-electron chi connectivity index (χ0n) is 10.3. The van der Waals surface area contributed by atoms with E-state index >= 15 is 0 Å². The first-order chi connectivity index (χ1) is 8.09. The van der Waals surface area contributed by atoms with Gasteiger partial charge in [0.15, 0.2) is 0 Å². The van der Waals surface area contributed by atoms with Crippen LogP contribution in [-0.2, 0) is 0 Å². The molecule has 0 aliphatic heterocycles. The van der Waals surface area contributed by atoms with Gasteiger partial charge in [-0.25, -0.2) is 0 Å². The van der Waals surface area contributed by atoms with Crippen LogP contribution in [0.3, 0.4) is 0 Å². The maximum absolute atomic E-state index is 6.20. The van der Waals surface area contributed by atoms with Crippen LogP contribution in [0.5, 0.6) is 0 Å². The van der Waals surface area contributed by atoms with Gasteiger partial charge in [0.2, 0.25) is 0 Å². The molecule has 0 amide bonds. The standard InChI is InChI=1S/C14H19Cl2N/c1-9-5-3-7-12(10(9)2)17-13-8-4-6-11(15)14(13)16/h4,6,8-10,12,17H,3,5,7H2,1-2H3. The Kier molecular flexibility index (Phi) is 4.22. The highest BCUT2D eigenvalue weighted by molar-refractivity contribution is 6.43. The molecule has 0 spiro atoms. The minimum atomic E-state index is 0.509. The molecule has 3 atom stereocenters. The molecule has 2 rings (SSSR count). The lowest BCUT2D eigenvalue weighted by atomic mass is 9.78. The monoisotopic (exact) mass is 271 g/mol. The maximum Gasteiger partial charge on any atom is 0.0823 e. The summed E-state index contributed by atoms with van der Waals surface area (Å²) in [4.78, 5) is 0. The van der Waals surface area contributed by atoms with Gasteiger partial charge in [-0.2, -0.15) is 0 Å². The third kappa shape index (κ3) is 2.89. The van der Waals surface area contributed by atoms with E-state index in [4.69, 9.17) is 23.2 Å². The topological polar surface area (TPSA) is 12.0 Å². The van der Waals surface area contributed by atoms with E-state index in [0.717, 1.165) is 11.6 Å². The highest BCUT2D eigenvalue weighted by atomic mass is 35.5.